The Hall–Kier alpha value is -2.01. The van der Waals surface area contributed by atoms with Crippen LogP contribution in [0.3, 0.4) is 0 Å². The second-order valence-corrected chi connectivity index (χ2v) is 5.28. The van der Waals surface area contributed by atoms with E-state index >= 15 is 0 Å². The van der Waals surface area contributed by atoms with Crippen LogP contribution in [0, 0.1) is 20.8 Å². The summed E-state index contributed by atoms with van der Waals surface area (Å²) in [6.45, 7) is 6.07. The molecule has 6 heteroatoms. The van der Waals surface area contributed by atoms with Crippen molar-refractivity contribution in [3.05, 3.63) is 51.8 Å². The Morgan fingerprint density at radius 3 is 2.62 bits per heavy atom. The van der Waals surface area contributed by atoms with E-state index in [-0.39, 0.29) is 5.91 Å². The van der Waals surface area contributed by atoms with Gasteiger partial charge in [-0.15, -0.1) is 0 Å². The summed E-state index contributed by atoms with van der Waals surface area (Å²) in [5.41, 5.74) is 3.68. The Balaban J connectivity index is 1.93. The van der Waals surface area contributed by atoms with Crippen molar-refractivity contribution < 1.29 is 4.79 Å². The topological polar surface area (TPSA) is 67.8 Å². The molecule has 0 spiro atoms. The van der Waals surface area contributed by atoms with Crippen molar-refractivity contribution in [1.29, 1.82) is 0 Å². The molecule has 0 aliphatic carbocycles. The van der Waals surface area contributed by atoms with Gasteiger partial charge in [0.15, 0.2) is 0 Å². The van der Waals surface area contributed by atoms with Crippen LogP contribution in [0.1, 0.15) is 33.1 Å². The molecule has 1 amide bonds. The zero-order valence-corrected chi connectivity index (χ0v) is 13.0. The van der Waals surface area contributed by atoms with Crippen molar-refractivity contribution in [2.24, 2.45) is 0 Å². The number of carbonyl (C=O) groups is 1. The number of pyridine rings is 1. The van der Waals surface area contributed by atoms with E-state index < -0.39 is 0 Å². The Bertz CT molecular complexity index is 673. The van der Waals surface area contributed by atoms with Crippen LogP contribution in [0.25, 0.3) is 0 Å². The van der Waals surface area contributed by atoms with E-state index in [9.17, 15) is 4.79 Å². The predicted octanol–water partition coefficient (Wildman–Crippen LogP) is 2.42. The molecule has 2 aromatic heterocycles. The van der Waals surface area contributed by atoms with Crippen LogP contribution in [0.15, 0.2) is 18.5 Å². The average Bonchev–Trinajstić information content (AvgIpc) is 2.44. The standard InChI is InChI=1S/C15H17ClN4O/c1-9-6-12(16)13(19-7-9)4-5-17-15(21)14-8-18-10(2)11(3)20-14/h6-8H,4-5H2,1-3H3,(H,17,21). The molecule has 2 heterocycles. The highest BCUT2D eigenvalue weighted by molar-refractivity contribution is 6.31. The smallest absolute Gasteiger partial charge is 0.271 e. The van der Waals surface area contributed by atoms with Crippen molar-refractivity contribution in [3.8, 4) is 0 Å². The summed E-state index contributed by atoms with van der Waals surface area (Å²) >= 11 is 6.10. The van der Waals surface area contributed by atoms with Crippen LogP contribution in [0.5, 0.6) is 0 Å². The molecule has 2 aromatic rings. The number of amides is 1. The minimum atomic E-state index is -0.242. The van der Waals surface area contributed by atoms with Crippen LogP contribution < -0.4 is 5.32 Å². The van der Waals surface area contributed by atoms with Crippen molar-refractivity contribution in [1.82, 2.24) is 20.3 Å². The maximum absolute atomic E-state index is 12.0. The van der Waals surface area contributed by atoms with Crippen molar-refractivity contribution >= 4 is 17.5 Å². The van der Waals surface area contributed by atoms with Crippen LogP contribution in [0.2, 0.25) is 5.02 Å². The summed E-state index contributed by atoms with van der Waals surface area (Å²) in [5, 5.41) is 3.42. The zero-order valence-electron chi connectivity index (χ0n) is 12.3. The first-order chi connectivity index (χ1) is 9.97. The van der Waals surface area contributed by atoms with Gasteiger partial charge in [0.2, 0.25) is 0 Å². The van der Waals surface area contributed by atoms with Crippen LogP contribution in [-0.2, 0) is 6.42 Å². The van der Waals surface area contributed by atoms with Gasteiger partial charge in [-0.1, -0.05) is 11.6 Å². The van der Waals surface area contributed by atoms with Gasteiger partial charge in [0.25, 0.3) is 5.91 Å². The lowest BCUT2D eigenvalue weighted by Crippen LogP contribution is -2.27. The van der Waals surface area contributed by atoms with Crippen LogP contribution in [0.4, 0.5) is 0 Å². The molecule has 2 rings (SSSR count). The van der Waals surface area contributed by atoms with Gasteiger partial charge in [-0.05, 0) is 32.4 Å². The zero-order chi connectivity index (χ0) is 15.4. The molecule has 0 radical (unpaired) electrons. The van der Waals surface area contributed by atoms with Crippen LogP contribution >= 0.6 is 11.6 Å². The molecule has 5 nitrogen and oxygen atoms in total. The fourth-order valence-corrected chi connectivity index (χ4v) is 2.10. The lowest BCUT2D eigenvalue weighted by Gasteiger charge is -2.07. The van der Waals surface area contributed by atoms with E-state index in [1.54, 1.807) is 6.20 Å². The van der Waals surface area contributed by atoms with Crippen LogP contribution in [-0.4, -0.2) is 27.4 Å². The highest BCUT2D eigenvalue weighted by Gasteiger charge is 2.09. The first-order valence-corrected chi connectivity index (χ1v) is 7.04. The van der Waals surface area contributed by atoms with E-state index in [0.717, 1.165) is 22.6 Å². The molecular weight excluding hydrogens is 288 g/mol. The van der Waals surface area contributed by atoms with Gasteiger partial charge in [-0.2, -0.15) is 0 Å². The lowest BCUT2D eigenvalue weighted by molar-refractivity contribution is 0.0948. The van der Waals surface area contributed by atoms with E-state index in [1.807, 2.05) is 26.8 Å². The first-order valence-electron chi connectivity index (χ1n) is 6.67. The number of nitrogens with zero attached hydrogens (tertiary/aromatic N) is 3. The number of carbonyl (C=O) groups excluding carboxylic acids is 1. The number of aryl methyl sites for hydroxylation is 3. The number of nitrogens with one attached hydrogen (secondary N) is 1. The highest BCUT2D eigenvalue weighted by atomic mass is 35.5. The van der Waals surface area contributed by atoms with E-state index in [4.69, 9.17) is 11.6 Å². The molecule has 0 fully saturated rings. The van der Waals surface area contributed by atoms with Gasteiger partial charge in [0.05, 0.1) is 28.3 Å². The fraction of sp³-hybridized carbons (Fsp3) is 0.333. The normalized spacial score (nSPS) is 10.5. The number of aromatic nitrogens is 3. The summed E-state index contributed by atoms with van der Waals surface area (Å²) in [7, 11) is 0. The molecule has 0 bridgehead atoms. The molecule has 0 aliphatic rings. The van der Waals surface area contributed by atoms with Crippen molar-refractivity contribution in [2.45, 2.75) is 27.2 Å². The largest absolute Gasteiger partial charge is 0.350 e. The summed E-state index contributed by atoms with van der Waals surface area (Å²) in [6, 6.07) is 1.86. The molecule has 110 valence electrons. The Labute approximate surface area is 128 Å². The van der Waals surface area contributed by atoms with Crippen molar-refractivity contribution in [3.63, 3.8) is 0 Å². The Morgan fingerprint density at radius 1 is 1.19 bits per heavy atom. The number of halogens is 1. The second-order valence-electron chi connectivity index (χ2n) is 4.87. The number of rotatable bonds is 4. The first kappa shape index (κ1) is 15.4. The number of hydrogen-bond acceptors (Lipinski definition) is 4. The lowest BCUT2D eigenvalue weighted by atomic mass is 10.2. The molecule has 0 atom stereocenters. The quantitative estimate of drug-likeness (QED) is 0.942. The van der Waals surface area contributed by atoms with Gasteiger partial charge < -0.3 is 5.32 Å². The molecule has 0 saturated carbocycles. The van der Waals surface area contributed by atoms with Gasteiger partial charge in [0.1, 0.15) is 5.69 Å². The Kier molecular flexibility index (Phi) is 4.85. The maximum Gasteiger partial charge on any atom is 0.271 e. The minimum Gasteiger partial charge on any atom is -0.350 e. The molecular formula is C15H17ClN4O. The summed E-state index contributed by atoms with van der Waals surface area (Å²) in [6.07, 6.45) is 3.82. The van der Waals surface area contributed by atoms with Gasteiger partial charge in [-0.25, -0.2) is 4.98 Å². The van der Waals surface area contributed by atoms with E-state index in [1.165, 1.54) is 6.20 Å². The van der Waals surface area contributed by atoms with E-state index in [2.05, 4.69) is 20.3 Å². The molecule has 0 unspecified atom stereocenters. The van der Waals surface area contributed by atoms with E-state index in [0.29, 0.717) is 23.7 Å². The highest BCUT2D eigenvalue weighted by Crippen LogP contribution is 2.14. The van der Waals surface area contributed by atoms with Gasteiger partial charge in [0, 0.05) is 19.2 Å². The maximum atomic E-state index is 12.0. The monoisotopic (exact) mass is 304 g/mol. The SMILES string of the molecule is Cc1cnc(CCNC(=O)c2cnc(C)c(C)n2)c(Cl)c1. The summed E-state index contributed by atoms with van der Waals surface area (Å²) in [4.78, 5) is 24.6. The molecule has 21 heavy (non-hydrogen) atoms. The number of hydrogen-bond donors (Lipinski definition) is 1. The van der Waals surface area contributed by atoms with Gasteiger partial charge >= 0.3 is 0 Å². The van der Waals surface area contributed by atoms with Gasteiger partial charge in [-0.3, -0.25) is 14.8 Å². The van der Waals surface area contributed by atoms with Crippen molar-refractivity contribution in [2.75, 3.05) is 6.54 Å². The Morgan fingerprint density at radius 2 is 1.95 bits per heavy atom. The molecule has 0 aliphatic heterocycles. The fourth-order valence-electron chi connectivity index (χ4n) is 1.78. The third kappa shape index (κ3) is 3.98. The summed E-state index contributed by atoms with van der Waals surface area (Å²) < 4.78 is 0. The third-order valence-electron chi connectivity index (χ3n) is 3.13. The molecule has 0 saturated heterocycles. The molecule has 0 aromatic carbocycles. The molecule has 1 N–H and O–H groups in total. The minimum absolute atomic E-state index is 0.242. The predicted molar refractivity (Wildman–Crippen MR) is 81.5 cm³/mol. The second kappa shape index (κ2) is 6.63. The third-order valence-corrected chi connectivity index (χ3v) is 3.45. The average molecular weight is 305 g/mol. The summed E-state index contributed by atoms with van der Waals surface area (Å²) in [5.74, 6) is -0.242.